The Morgan fingerprint density at radius 1 is 1.38 bits per heavy atom. The lowest BCUT2D eigenvalue weighted by atomic mass is 10.1. The number of ether oxygens (including phenoxy) is 1. The van der Waals surface area contributed by atoms with Crippen molar-refractivity contribution in [1.29, 1.82) is 0 Å². The SMILES string of the molecule is COCCN(C(=O)c1ccc(F)cc1)[C@@H]1CCS(=O)(=O)C1. The van der Waals surface area contributed by atoms with E-state index in [0.717, 1.165) is 0 Å². The van der Waals surface area contributed by atoms with E-state index in [-0.39, 0.29) is 23.5 Å². The van der Waals surface area contributed by atoms with Gasteiger partial charge in [0.25, 0.3) is 5.91 Å². The van der Waals surface area contributed by atoms with E-state index >= 15 is 0 Å². The first-order valence-electron chi connectivity index (χ1n) is 6.69. The summed E-state index contributed by atoms with van der Waals surface area (Å²) in [6, 6.07) is 4.89. The molecule has 0 saturated carbocycles. The molecule has 0 N–H and O–H groups in total. The van der Waals surface area contributed by atoms with Crippen molar-refractivity contribution in [2.75, 3.05) is 31.8 Å². The highest BCUT2D eigenvalue weighted by atomic mass is 32.2. The molecule has 7 heteroatoms. The highest BCUT2D eigenvalue weighted by Gasteiger charge is 2.34. The number of nitrogens with zero attached hydrogens (tertiary/aromatic N) is 1. The number of halogens is 1. The van der Waals surface area contributed by atoms with Gasteiger partial charge in [-0.2, -0.15) is 0 Å². The summed E-state index contributed by atoms with van der Waals surface area (Å²) < 4.78 is 41.1. The average Bonchev–Trinajstić information content (AvgIpc) is 2.80. The minimum absolute atomic E-state index is 0.0242. The highest BCUT2D eigenvalue weighted by Crippen LogP contribution is 2.20. The van der Waals surface area contributed by atoms with Crippen molar-refractivity contribution in [2.24, 2.45) is 0 Å². The van der Waals surface area contributed by atoms with Crippen LogP contribution < -0.4 is 0 Å². The van der Waals surface area contributed by atoms with E-state index < -0.39 is 15.7 Å². The molecule has 1 aromatic carbocycles. The van der Waals surface area contributed by atoms with Gasteiger partial charge in [0, 0.05) is 25.3 Å². The predicted molar refractivity (Wildman–Crippen MR) is 76.4 cm³/mol. The maximum absolute atomic E-state index is 12.9. The number of hydrogen-bond donors (Lipinski definition) is 0. The molecule has 1 atom stereocenters. The normalized spacial score (nSPS) is 20.4. The van der Waals surface area contributed by atoms with Crippen LogP contribution >= 0.6 is 0 Å². The molecule has 1 heterocycles. The van der Waals surface area contributed by atoms with Crippen molar-refractivity contribution >= 4 is 15.7 Å². The molecular weight excluding hydrogens is 297 g/mol. The average molecular weight is 315 g/mol. The molecule has 0 aromatic heterocycles. The second-order valence-corrected chi connectivity index (χ2v) is 7.28. The first kappa shape index (κ1) is 15.9. The smallest absolute Gasteiger partial charge is 0.254 e. The second kappa shape index (κ2) is 6.53. The summed E-state index contributed by atoms with van der Waals surface area (Å²) in [6.07, 6.45) is 0.430. The molecule has 1 aliphatic rings. The number of carbonyl (C=O) groups is 1. The summed E-state index contributed by atoms with van der Waals surface area (Å²) in [6.45, 7) is 0.635. The Kier molecular flexibility index (Phi) is 4.95. The summed E-state index contributed by atoms with van der Waals surface area (Å²) in [5, 5.41) is 0. The molecule has 21 heavy (non-hydrogen) atoms. The molecule has 1 fully saturated rings. The van der Waals surface area contributed by atoms with Crippen LogP contribution in [0.1, 0.15) is 16.8 Å². The molecule has 5 nitrogen and oxygen atoms in total. The van der Waals surface area contributed by atoms with Crippen LogP contribution in [0.25, 0.3) is 0 Å². The Bertz CT molecular complexity index is 600. The van der Waals surface area contributed by atoms with Crippen molar-refractivity contribution in [3.8, 4) is 0 Å². The van der Waals surface area contributed by atoms with Crippen LogP contribution in [0.5, 0.6) is 0 Å². The Labute approximate surface area is 123 Å². The van der Waals surface area contributed by atoms with E-state index in [1.807, 2.05) is 0 Å². The van der Waals surface area contributed by atoms with Crippen LogP contribution in [0.3, 0.4) is 0 Å². The van der Waals surface area contributed by atoms with E-state index in [2.05, 4.69) is 0 Å². The minimum atomic E-state index is -3.08. The number of methoxy groups -OCH3 is 1. The first-order chi connectivity index (χ1) is 9.93. The number of hydrogen-bond acceptors (Lipinski definition) is 4. The molecule has 0 aliphatic carbocycles. The topological polar surface area (TPSA) is 63.7 Å². The summed E-state index contributed by atoms with van der Waals surface area (Å²) in [5.41, 5.74) is 0.344. The van der Waals surface area contributed by atoms with Crippen LogP contribution in [0.2, 0.25) is 0 Å². The lowest BCUT2D eigenvalue weighted by Crippen LogP contribution is -2.43. The molecule has 0 spiro atoms. The quantitative estimate of drug-likeness (QED) is 0.816. The van der Waals surface area contributed by atoms with Crippen molar-refractivity contribution in [3.05, 3.63) is 35.6 Å². The Hall–Kier alpha value is -1.47. The zero-order valence-corrected chi connectivity index (χ0v) is 12.6. The maximum atomic E-state index is 12.9. The van der Waals surface area contributed by atoms with E-state index in [9.17, 15) is 17.6 Å². The Morgan fingerprint density at radius 3 is 2.57 bits per heavy atom. The molecule has 0 bridgehead atoms. The van der Waals surface area contributed by atoms with Gasteiger partial charge in [0.2, 0.25) is 0 Å². The third kappa shape index (κ3) is 4.01. The summed E-state index contributed by atoms with van der Waals surface area (Å²) >= 11 is 0. The third-order valence-electron chi connectivity index (χ3n) is 3.54. The van der Waals surface area contributed by atoms with Gasteiger partial charge in [0.15, 0.2) is 9.84 Å². The zero-order chi connectivity index (χ0) is 15.5. The number of rotatable bonds is 5. The monoisotopic (exact) mass is 315 g/mol. The molecular formula is C14H18FNO4S. The van der Waals surface area contributed by atoms with Gasteiger partial charge in [0.1, 0.15) is 5.82 Å². The van der Waals surface area contributed by atoms with Crippen molar-refractivity contribution < 1.29 is 22.3 Å². The summed E-state index contributed by atoms with van der Waals surface area (Å²) in [7, 11) is -1.56. The van der Waals surface area contributed by atoms with Gasteiger partial charge in [-0.05, 0) is 30.7 Å². The van der Waals surface area contributed by atoms with Gasteiger partial charge in [-0.25, -0.2) is 12.8 Å². The van der Waals surface area contributed by atoms with Gasteiger partial charge in [-0.1, -0.05) is 0 Å². The predicted octanol–water partition coefficient (Wildman–Crippen LogP) is 1.10. The van der Waals surface area contributed by atoms with Crippen molar-refractivity contribution in [1.82, 2.24) is 4.90 Å². The third-order valence-corrected chi connectivity index (χ3v) is 5.29. The largest absolute Gasteiger partial charge is 0.383 e. The zero-order valence-electron chi connectivity index (χ0n) is 11.8. The van der Waals surface area contributed by atoms with Crippen LogP contribution in [-0.4, -0.2) is 57.0 Å². The van der Waals surface area contributed by atoms with E-state index in [4.69, 9.17) is 4.74 Å². The van der Waals surface area contributed by atoms with Crippen LogP contribution in [0.15, 0.2) is 24.3 Å². The van der Waals surface area contributed by atoms with Gasteiger partial charge >= 0.3 is 0 Å². The minimum Gasteiger partial charge on any atom is -0.383 e. The lowest BCUT2D eigenvalue weighted by molar-refractivity contribution is 0.0624. The van der Waals surface area contributed by atoms with E-state index in [1.54, 1.807) is 0 Å². The van der Waals surface area contributed by atoms with Gasteiger partial charge in [-0.15, -0.1) is 0 Å². The molecule has 1 aliphatic heterocycles. The number of benzene rings is 1. The van der Waals surface area contributed by atoms with Gasteiger partial charge in [-0.3, -0.25) is 4.79 Å². The van der Waals surface area contributed by atoms with Gasteiger partial charge < -0.3 is 9.64 Å². The fourth-order valence-corrected chi connectivity index (χ4v) is 4.15. The van der Waals surface area contributed by atoms with Crippen molar-refractivity contribution in [3.63, 3.8) is 0 Å². The van der Waals surface area contributed by atoms with E-state index in [0.29, 0.717) is 25.1 Å². The van der Waals surface area contributed by atoms with Crippen molar-refractivity contribution in [2.45, 2.75) is 12.5 Å². The molecule has 0 unspecified atom stereocenters. The Balaban J connectivity index is 2.19. The van der Waals surface area contributed by atoms with E-state index in [1.165, 1.54) is 36.3 Å². The molecule has 2 rings (SSSR count). The fourth-order valence-electron chi connectivity index (χ4n) is 2.42. The number of amides is 1. The highest BCUT2D eigenvalue weighted by molar-refractivity contribution is 7.91. The molecule has 1 aromatic rings. The Morgan fingerprint density at radius 2 is 2.05 bits per heavy atom. The molecule has 116 valence electrons. The summed E-state index contributed by atoms with van der Waals surface area (Å²) in [5.74, 6) is -0.644. The first-order valence-corrected chi connectivity index (χ1v) is 8.51. The second-order valence-electron chi connectivity index (χ2n) is 5.06. The van der Waals surface area contributed by atoms with Crippen LogP contribution in [0, 0.1) is 5.82 Å². The lowest BCUT2D eigenvalue weighted by Gasteiger charge is -2.28. The number of sulfone groups is 1. The molecule has 0 radical (unpaired) electrons. The summed E-state index contributed by atoms with van der Waals surface area (Å²) in [4.78, 5) is 14.0. The standard InChI is InChI=1S/C14H18FNO4S/c1-20-8-7-16(13-6-9-21(18,19)10-13)14(17)11-2-4-12(15)5-3-11/h2-5,13H,6-10H2,1H3/t13-/m1/s1. The van der Waals surface area contributed by atoms with Crippen LogP contribution in [-0.2, 0) is 14.6 Å². The fraction of sp³-hybridized carbons (Fsp3) is 0.500. The molecule has 1 saturated heterocycles. The number of carbonyl (C=O) groups excluding carboxylic acids is 1. The van der Waals surface area contributed by atoms with Crippen LogP contribution in [0.4, 0.5) is 4.39 Å². The maximum Gasteiger partial charge on any atom is 0.254 e. The van der Waals surface area contributed by atoms with Gasteiger partial charge in [0.05, 0.1) is 18.1 Å². The molecule has 1 amide bonds.